The Labute approximate surface area is 226 Å². The van der Waals surface area contributed by atoms with E-state index in [4.69, 9.17) is 0 Å². The number of hydrogen-bond acceptors (Lipinski definition) is 4. The second-order valence-corrected chi connectivity index (χ2v) is 10.3. The maximum atomic E-state index is 14.1. The molecule has 0 aliphatic carbocycles. The number of carboxylic acids is 1. The van der Waals surface area contributed by atoms with Crippen molar-refractivity contribution in [2.45, 2.75) is 31.3 Å². The third-order valence-corrected chi connectivity index (χ3v) is 8.12. The number of nitrogens with zero attached hydrogens (tertiary/aromatic N) is 1. The van der Waals surface area contributed by atoms with Gasteiger partial charge in [-0.2, -0.15) is 0 Å². The molecular formula is C32H29N3O4. The smallest absolute Gasteiger partial charge is 0.325 e. The third-order valence-electron chi connectivity index (χ3n) is 8.12. The number of aliphatic carboxylic acids is 1. The minimum Gasteiger partial charge on any atom is -0.480 e. The van der Waals surface area contributed by atoms with Crippen LogP contribution in [0, 0.1) is 11.8 Å². The van der Waals surface area contributed by atoms with Gasteiger partial charge >= 0.3 is 5.97 Å². The number of carbonyl (C=O) groups excluding carboxylic acids is 2. The van der Waals surface area contributed by atoms with E-state index < -0.39 is 35.3 Å². The molecule has 0 radical (unpaired) electrons. The number of amides is 2. The van der Waals surface area contributed by atoms with Crippen LogP contribution in [-0.4, -0.2) is 39.5 Å². The first-order chi connectivity index (χ1) is 18.9. The largest absolute Gasteiger partial charge is 0.480 e. The van der Waals surface area contributed by atoms with Crippen LogP contribution in [0.15, 0.2) is 91.1 Å². The van der Waals surface area contributed by atoms with Crippen LogP contribution in [0.2, 0.25) is 0 Å². The van der Waals surface area contributed by atoms with Gasteiger partial charge in [0, 0.05) is 29.6 Å². The molecule has 0 bridgehead atoms. The van der Waals surface area contributed by atoms with Crippen LogP contribution in [-0.2, 0) is 27.2 Å². The molecule has 7 nitrogen and oxygen atoms in total. The van der Waals surface area contributed by atoms with Crippen molar-refractivity contribution in [1.29, 1.82) is 0 Å². The zero-order chi connectivity index (χ0) is 27.1. The van der Waals surface area contributed by atoms with Gasteiger partial charge in [0.25, 0.3) is 0 Å². The van der Waals surface area contributed by atoms with Crippen molar-refractivity contribution < 1.29 is 19.5 Å². The van der Waals surface area contributed by atoms with Gasteiger partial charge in [0.05, 0.1) is 17.5 Å². The van der Waals surface area contributed by atoms with Crippen LogP contribution >= 0.6 is 0 Å². The number of aromatic nitrogens is 1. The van der Waals surface area contributed by atoms with Crippen molar-refractivity contribution in [2.24, 2.45) is 11.8 Å². The lowest BCUT2D eigenvalue weighted by molar-refractivity contribution is -0.148. The molecule has 4 atom stereocenters. The van der Waals surface area contributed by atoms with E-state index in [1.165, 1.54) is 4.90 Å². The molecule has 3 heterocycles. The predicted octanol–water partition coefficient (Wildman–Crippen LogP) is 4.59. The Morgan fingerprint density at radius 1 is 0.974 bits per heavy atom. The van der Waals surface area contributed by atoms with E-state index in [1.54, 1.807) is 18.3 Å². The summed E-state index contributed by atoms with van der Waals surface area (Å²) in [6, 6.07) is 23.9. The van der Waals surface area contributed by atoms with Crippen LogP contribution in [0.4, 0.5) is 5.69 Å². The number of hydrogen-bond donors (Lipinski definition) is 3. The van der Waals surface area contributed by atoms with Crippen LogP contribution in [0.5, 0.6) is 0 Å². The molecule has 4 aromatic rings. The summed E-state index contributed by atoms with van der Waals surface area (Å²) >= 11 is 0. The minimum atomic E-state index is -1.67. The van der Waals surface area contributed by atoms with E-state index in [0.717, 1.165) is 34.0 Å². The van der Waals surface area contributed by atoms with E-state index in [2.05, 4.69) is 10.3 Å². The van der Waals surface area contributed by atoms with E-state index in [-0.39, 0.29) is 12.3 Å². The maximum absolute atomic E-state index is 14.1. The monoisotopic (exact) mass is 519 g/mol. The number of rotatable bonds is 7. The number of nitrogens with one attached hydrogen (secondary N) is 2. The fourth-order valence-electron chi connectivity index (χ4n) is 6.14. The lowest BCUT2D eigenvalue weighted by Gasteiger charge is -2.31. The number of H-pyrrole nitrogens is 1. The third kappa shape index (κ3) is 4.06. The van der Waals surface area contributed by atoms with Gasteiger partial charge in [-0.25, -0.2) is 4.90 Å². The van der Waals surface area contributed by atoms with Gasteiger partial charge in [-0.3, -0.25) is 19.7 Å². The lowest BCUT2D eigenvalue weighted by atomic mass is 9.76. The van der Waals surface area contributed by atoms with E-state index in [0.29, 0.717) is 5.69 Å². The van der Waals surface area contributed by atoms with E-state index >= 15 is 0 Å². The summed E-state index contributed by atoms with van der Waals surface area (Å²) in [5, 5.41) is 14.9. The highest BCUT2D eigenvalue weighted by molar-refractivity contribution is 6.24. The molecule has 2 aliphatic rings. The Kier molecular flexibility index (Phi) is 6.16. The van der Waals surface area contributed by atoms with Crippen molar-refractivity contribution in [1.82, 2.24) is 10.3 Å². The Balaban J connectivity index is 1.45. The van der Waals surface area contributed by atoms with Gasteiger partial charge in [-0.15, -0.1) is 0 Å². The Hall–Kier alpha value is -4.49. The Morgan fingerprint density at radius 3 is 2.41 bits per heavy atom. The van der Waals surface area contributed by atoms with Crippen LogP contribution < -0.4 is 10.2 Å². The minimum absolute atomic E-state index is 0.0465. The number of carboxylic acid groups (broad SMARTS) is 1. The van der Waals surface area contributed by atoms with E-state index in [1.807, 2.05) is 85.8 Å². The average molecular weight is 520 g/mol. The zero-order valence-corrected chi connectivity index (χ0v) is 21.5. The highest BCUT2D eigenvalue weighted by Crippen LogP contribution is 2.47. The topological polar surface area (TPSA) is 102 Å². The van der Waals surface area contributed by atoms with Crippen molar-refractivity contribution in [3.63, 3.8) is 0 Å². The van der Waals surface area contributed by atoms with Gasteiger partial charge in [-0.05, 0) is 41.3 Å². The summed E-state index contributed by atoms with van der Waals surface area (Å²) in [7, 11) is 0. The molecule has 3 N–H and O–H groups in total. The normalized spacial score (nSPS) is 24.6. The Bertz CT molecular complexity index is 1590. The number of imide groups is 1. The average Bonchev–Trinajstić information content (AvgIpc) is 3.60. The standard InChI is InChI=1S/C32H29N3O4/c1-2-20-12-15-23(16-13-20)35-29(36)27-26(17-14-21-8-4-3-5-9-21)34-32(31(38)39,28(27)30(35)37)18-22-19-33-25-11-7-6-10-24(22)25/h3-17,19,26-28,33-34H,2,18H2,1H3,(H,38,39)/b17-14+. The molecular weight excluding hydrogens is 490 g/mol. The highest BCUT2D eigenvalue weighted by atomic mass is 16.4. The fraction of sp³-hybridized carbons (Fsp3) is 0.219. The Morgan fingerprint density at radius 2 is 1.69 bits per heavy atom. The van der Waals surface area contributed by atoms with Crippen LogP contribution in [0.3, 0.4) is 0 Å². The van der Waals surface area contributed by atoms with Crippen molar-refractivity contribution in [3.05, 3.63) is 108 Å². The second kappa shape index (κ2) is 9.67. The summed E-state index contributed by atoms with van der Waals surface area (Å²) in [4.78, 5) is 45.5. The lowest BCUT2D eigenvalue weighted by Crippen LogP contribution is -2.58. The molecule has 7 heteroatoms. The molecule has 2 amide bonds. The molecule has 2 fully saturated rings. The molecule has 1 aromatic heterocycles. The van der Waals surface area contributed by atoms with Crippen molar-refractivity contribution >= 4 is 40.4 Å². The molecule has 3 aromatic carbocycles. The number of aromatic amines is 1. The van der Waals surface area contributed by atoms with Gasteiger partial charge in [0.15, 0.2) is 0 Å². The molecule has 2 saturated heterocycles. The number of carbonyl (C=O) groups is 3. The summed E-state index contributed by atoms with van der Waals surface area (Å²) in [6.07, 6.45) is 6.36. The summed E-state index contributed by atoms with van der Waals surface area (Å²) in [5.74, 6) is -3.95. The molecule has 0 saturated carbocycles. The molecule has 196 valence electrons. The summed E-state index contributed by atoms with van der Waals surface area (Å²) in [6.45, 7) is 2.03. The molecule has 6 rings (SSSR count). The molecule has 39 heavy (non-hydrogen) atoms. The van der Waals surface area contributed by atoms with Crippen molar-refractivity contribution in [2.75, 3.05) is 4.90 Å². The highest BCUT2D eigenvalue weighted by Gasteiger charge is 2.68. The van der Waals surface area contributed by atoms with Gasteiger partial charge in [-0.1, -0.05) is 79.7 Å². The van der Waals surface area contributed by atoms with Crippen molar-refractivity contribution in [3.8, 4) is 0 Å². The van der Waals surface area contributed by atoms with E-state index in [9.17, 15) is 19.5 Å². The molecule has 2 aliphatic heterocycles. The first-order valence-corrected chi connectivity index (χ1v) is 13.2. The summed E-state index contributed by atoms with van der Waals surface area (Å²) in [5.41, 5.74) is 2.46. The molecule has 0 spiro atoms. The SMILES string of the molecule is CCc1ccc(N2C(=O)C3C(/C=C/c4ccccc4)NC(Cc4c[nH]c5ccccc45)(C(=O)O)C3C2=O)cc1. The quantitative estimate of drug-likeness (QED) is 0.310. The number of fused-ring (bicyclic) bond motifs is 2. The number of benzene rings is 3. The predicted molar refractivity (Wildman–Crippen MR) is 150 cm³/mol. The number of anilines is 1. The first-order valence-electron chi connectivity index (χ1n) is 13.2. The number of para-hydroxylation sites is 1. The first kappa shape index (κ1) is 24.8. The van der Waals surface area contributed by atoms with Gasteiger partial charge in [0.2, 0.25) is 11.8 Å². The maximum Gasteiger partial charge on any atom is 0.325 e. The van der Waals surface area contributed by atoms with Crippen LogP contribution in [0.1, 0.15) is 23.6 Å². The fourth-order valence-corrected chi connectivity index (χ4v) is 6.14. The zero-order valence-electron chi connectivity index (χ0n) is 21.5. The number of aryl methyl sites for hydroxylation is 1. The summed E-state index contributed by atoms with van der Waals surface area (Å²) < 4.78 is 0. The second-order valence-electron chi connectivity index (χ2n) is 10.3. The van der Waals surface area contributed by atoms with Gasteiger partial charge in [0.1, 0.15) is 5.54 Å². The van der Waals surface area contributed by atoms with Crippen LogP contribution in [0.25, 0.3) is 17.0 Å². The van der Waals surface area contributed by atoms with Gasteiger partial charge < -0.3 is 10.1 Å². The molecule has 4 unspecified atom stereocenters.